The minimum atomic E-state index is -0.218. The molecule has 1 N–H and O–H groups in total. The van der Waals surface area contributed by atoms with E-state index in [-0.39, 0.29) is 5.91 Å². The molecule has 7 heteroatoms. The molecule has 0 radical (unpaired) electrons. The zero-order chi connectivity index (χ0) is 12.4. The van der Waals surface area contributed by atoms with Gasteiger partial charge in [0.15, 0.2) is 0 Å². The van der Waals surface area contributed by atoms with Crippen LogP contribution in [0.3, 0.4) is 0 Å². The number of nitrogens with zero attached hydrogens (tertiary/aromatic N) is 3. The number of carbonyl (C=O) groups excluding carboxylic acids is 1. The van der Waals surface area contributed by atoms with E-state index in [2.05, 4.69) is 53.9 Å². The molecule has 0 aliphatic rings. The number of pyridine rings is 1. The molecular formula is C10H8BrIN4O. The summed E-state index contributed by atoms with van der Waals surface area (Å²) in [5.41, 5.74) is 0.523. The first-order valence-electron chi connectivity index (χ1n) is 4.68. The van der Waals surface area contributed by atoms with Gasteiger partial charge in [-0.25, -0.2) is 4.98 Å². The van der Waals surface area contributed by atoms with Crippen LogP contribution in [0.1, 0.15) is 10.5 Å². The van der Waals surface area contributed by atoms with Gasteiger partial charge in [0.2, 0.25) is 0 Å². The number of amides is 1. The van der Waals surface area contributed by atoms with Gasteiger partial charge in [0, 0.05) is 17.7 Å². The van der Waals surface area contributed by atoms with E-state index in [1.165, 1.54) is 4.68 Å². The Kier molecular flexibility index (Phi) is 3.77. The Labute approximate surface area is 120 Å². The van der Waals surface area contributed by atoms with E-state index in [0.29, 0.717) is 11.5 Å². The second kappa shape index (κ2) is 5.13. The number of aromatic nitrogens is 3. The summed E-state index contributed by atoms with van der Waals surface area (Å²) in [4.78, 5) is 16.0. The molecule has 0 saturated heterocycles. The van der Waals surface area contributed by atoms with E-state index < -0.39 is 0 Å². The van der Waals surface area contributed by atoms with Gasteiger partial charge < -0.3 is 5.32 Å². The van der Waals surface area contributed by atoms with E-state index in [1.807, 2.05) is 6.07 Å². The van der Waals surface area contributed by atoms with Crippen molar-refractivity contribution in [1.82, 2.24) is 14.8 Å². The molecule has 1 amide bonds. The highest BCUT2D eigenvalue weighted by atomic mass is 127. The molecule has 0 saturated carbocycles. The lowest BCUT2D eigenvalue weighted by molar-refractivity contribution is 0.101. The van der Waals surface area contributed by atoms with Crippen molar-refractivity contribution in [2.45, 2.75) is 0 Å². The van der Waals surface area contributed by atoms with Crippen LogP contribution in [0.5, 0.6) is 0 Å². The first-order chi connectivity index (χ1) is 8.08. The summed E-state index contributed by atoms with van der Waals surface area (Å²) < 4.78 is 3.21. The maximum atomic E-state index is 12.0. The monoisotopic (exact) mass is 406 g/mol. The average molecular weight is 407 g/mol. The van der Waals surface area contributed by atoms with Crippen LogP contribution in [-0.4, -0.2) is 20.7 Å². The third kappa shape index (κ3) is 2.83. The SMILES string of the molecule is Cn1ncc(I)c1C(=O)Nc1ccc(Br)cn1. The van der Waals surface area contributed by atoms with Gasteiger partial charge in [-0.15, -0.1) is 0 Å². The summed E-state index contributed by atoms with van der Waals surface area (Å²) in [5, 5.41) is 6.73. The molecular weight excluding hydrogens is 399 g/mol. The van der Waals surface area contributed by atoms with Crippen molar-refractivity contribution in [3.8, 4) is 0 Å². The van der Waals surface area contributed by atoms with Crippen LogP contribution in [0.4, 0.5) is 5.82 Å². The smallest absolute Gasteiger partial charge is 0.276 e. The van der Waals surface area contributed by atoms with Gasteiger partial charge >= 0.3 is 0 Å². The minimum Gasteiger partial charge on any atom is -0.305 e. The Morgan fingerprint density at radius 3 is 2.76 bits per heavy atom. The summed E-state index contributed by atoms with van der Waals surface area (Å²) in [6.45, 7) is 0. The number of hydrogen-bond donors (Lipinski definition) is 1. The lowest BCUT2D eigenvalue weighted by Gasteiger charge is -2.05. The van der Waals surface area contributed by atoms with E-state index in [0.717, 1.165) is 8.04 Å². The highest BCUT2D eigenvalue weighted by Crippen LogP contribution is 2.14. The topological polar surface area (TPSA) is 59.8 Å². The second-order valence-electron chi connectivity index (χ2n) is 3.28. The number of aryl methyl sites for hydroxylation is 1. The van der Waals surface area contributed by atoms with Crippen molar-refractivity contribution < 1.29 is 4.79 Å². The third-order valence-corrected chi connectivity index (χ3v) is 3.34. The first kappa shape index (κ1) is 12.5. The molecule has 17 heavy (non-hydrogen) atoms. The van der Waals surface area contributed by atoms with Crippen molar-refractivity contribution in [2.24, 2.45) is 7.05 Å². The predicted molar refractivity (Wildman–Crippen MR) is 75.8 cm³/mol. The van der Waals surface area contributed by atoms with Crippen molar-refractivity contribution in [3.63, 3.8) is 0 Å². The van der Waals surface area contributed by atoms with Crippen molar-refractivity contribution in [3.05, 3.63) is 38.3 Å². The molecule has 0 spiro atoms. The number of halogens is 2. The summed E-state index contributed by atoms with van der Waals surface area (Å²) in [6.07, 6.45) is 3.27. The van der Waals surface area contributed by atoms with Gasteiger partial charge in [0.25, 0.3) is 5.91 Å². The van der Waals surface area contributed by atoms with E-state index in [4.69, 9.17) is 0 Å². The molecule has 2 aromatic heterocycles. The molecule has 0 atom stereocenters. The second-order valence-corrected chi connectivity index (χ2v) is 5.36. The number of hydrogen-bond acceptors (Lipinski definition) is 3. The normalized spacial score (nSPS) is 10.3. The first-order valence-corrected chi connectivity index (χ1v) is 6.55. The fraction of sp³-hybridized carbons (Fsp3) is 0.100. The maximum absolute atomic E-state index is 12.0. The molecule has 88 valence electrons. The molecule has 0 aliphatic heterocycles. The van der Waals surface area contributed by atoms with Crippen LogP contribution >= 0.6 is 38.5 Å². The van der Waals surface area contributed by atoms with Gasteiger partial charge in [0.05, 0.1) is 9.77 Å². The van der Waals surface area contributed by atoms with Crippen LogP contribution in [0.25, 0.3) is 0 Å². The van der Waals surface area contributed by atoms with Crippen LogP contribution in [0.2, 0.25) is 0 Å². The Bertz CT molecular complexity index is 532. The van der Waals surface area contributed by atoms with Crippen molar-refractivity contribution in [2.75, 3.05) is 5.32 Å². The quantitative estimate of drug-likeness (QED) is 0.779. The summed E-state index contributed by atoms with van der Waals surface area (Å²) >= 11 is 5.36. The fourth-order valence-electron chi connectivity index (χ4n) is 1.29. The van der Waals surface area contributed by atoms with Gasteiger partial charge in [-0.05, 0) is 50.7 Å². The molecule has 5 nitrogen and oxygen atoms in total. The molecule has 2 rings (SSSR count). The van der Waals surface area contributed by atoms with Crippen LogP contribution in [-0.2, 0) is 7.05 Å². The van der Waals surface area contributed by atoms with Gasteiger partial charge in [0.1, 0.15) is 11.5 Å². The summed E-state index contributed by atoms with van der Waals surface area (Å²) in [5.74, 6) is 0.291. The predicted octanol–water partition coefficient (Wildman–Crippen LogP) is 2.43. The van der Waals surface area contributed by atoms with Crippen molar-refractivity contribution >= 4 is 50.2 Å². The van der Waals surface area contributed by atoms with Gasteiger partial charge in [-0.2, -0.15) is 5.10 Å². The molecule has 0 aliphatic carbocycles. The number of nitrogens with one attached hydrogen (secondary N) is 1. The van der Waals surface area contributed by atoms with Crippen molar-refractivity contribution in [1.29, 1.82) is 0 Å². The summed E-state index contributed by atoms with van der Waals surface area (Å²) in [7, 11) is 1.73. The Hall–Kier alpha value is -0.960. The third-order valence-electron chi connectivity index (χ3n) is 2.08. The zero-order valence-corrected chi connectivity index (χ0v) is 12.6. The van der Waals surface area contributed by atoms with E-state index in [1.54, 1.807) is 25.5 Å². The van der Waals surface area contributed by atoms with E-state index in [9.17, 15) is 4.79 Å². The molecule has 0 bridgehead atoms. The minimum absolute atomic E-state index is 0.218. The molecule has 0 aromatic carbocycles. The zero-order valence-electron chi connectivity index (χ0n) is 8.82. The largest absolute Gasteiger partial charge is 0.305 e. The molecule has 0 fully saturated rings. The van der Waals surface area contributed by atoms with Crippen LogP contribution in [0.15, 0.2) is 29.0 Å². The number of anilines is 1. The highest BCUT2D eigenvalue weighted by molar-refractivity contribution is 14.1. The van der Waals surface area contributed by atoms with Crippen LogP contribution < -0.4 is 5.32 Å². The van der Waals surface area contributed by atoms with E-state index >= 15 is 0 Å². The highest BCUT2D eigenvalue weighted by Gasteiger charge is 2.15. The van der Waals surface area contributed by atoms with Gasteiger partial charge in [-0.3, -0.25) is 9.48 Å². The standard InChI is InChI=1S/C10H8BrIN4O/c1-16-9(7(12)5-14-16)10(17)15-8-3-2-6(11)4-13-8/h2-5H,1H3,(H,13,15,17). The lowest BCUT2D eigenvalue weighted by Crippen LogP contribution is -2.17. The van der Waals surface area contributed by atoms with Gasteiger partial charge in [-0.1, -0.05) is 0 Å². The Morgan fingerprint density at radius 1 is 1.47 bits per heavy atom. The molecule has 0 unspecified atom stereocenters. The Morgan fingerprint density at radius 2 is 2.24 bits per heavy atom. The number of carbonyl (C=O) groups is 1. The summed E-state index contributed by atoms with van der Waals surface area (Å²) in [6, 6.07) is 3.54. The number of rotatable bonds is 2. The molecule has 2 aromatic rings. The maximum Gasteiger partial charge on any atom is 0.276 e. The average Bonchev–Trinajstić information content (AvgIpc) is 2.62. The van der Waals surface area contributed by atoms with Crippen LogP contribution in [0, 0.1) is 3.57 Å². The molecule has 2 heterocycles. The Balaban J connectivity index is 2.20. The lowest BCUT2D eigenvalue weighted by atomic mass is 10.4. The fourth-order valence-corrected chi connectivity index (χ4v) is 2.24.